The molecule has 0 bridgehead atoms. The SMILES string of the molecule is C=CCN(C)C/C=C/COc1ccc([C@@](C)(O)CCC=C(C)C)cc1. The summed E-state index contributed by atoms with van der Waals surface area (Å²) < 4.78 is 5.71. The quantitative estimate of drug-likeness (QED) is 0.592. The summed E-state index contributed by atoms with van der Waals surface area (Å²) in [7, 11) is 2.05. The molecular formula is C22H33NO2. The second-order valence-electron chi connectivity index (χ2n) is 6.91. The van der Waals surface area contributed by atoms with Crippen LogP contribution in [0.25, 0.3) is 0 Å². The van der Waals surface area contributed by atoms with Crippen molar-refractivity contribution in [3.63, 3.8) is 0 Å². The topological polar surface area (TPSA) is 32.7 Å². The molecule has 3 nitrogen and oxygen atoms in total. The fourth-order valence-corrected chi connectivity index (χ4v) is 2.46. The van der Waals surface area contributed by atoms with Crippen molar-refractivity contribution in [2.75, 3.05) is 26.7 Å². The summed E-state index contributed by atoms with van der Waals surface area (Å²) in [5.74, 6) is 0.813. The van der Waals surface area contributed by atoms with Crippen LogP contribution < -0.4 is 4.74 Å². The molecule has 3 heteroatoms. The second kappa shape index (κ2) is 10.9. The van der Waals surface area contributed by atoms with Crippen LogP contribution in [-0.2, 0) is 5.60 Å². The van der Waals surface area contributed by atoms with Crippen LogP contribution >= 0.6 is 0 Å². The van der Waals surface area contributed by atoms with E-state index in [4.69, 9.17) is 4.74 Å². The number of allylic oxidation sites excluding steroid dienone is 2. The summed E-state index contributed by atoms with van der Waals surface area (Å²) >= 11 is 0. The van der Waals surface area contributed by atoms with E-state index >= 15 is 0 Å². The monoisotopic (exact) mass is 343 g/mol. The van der Waals surface area contributed by atoms with Crippen LogP contribution in [0.3, 0.4) is 0 Å². The molecule has 0 fully saturated rings. The third-order valence-corrected chi connectivity index (χ3v) is 4.03. The Hall–Kier alpha value is -1.84. The first kappa shape index (κ1) is 21.2. The Morgan fingerprint density at radius 1 is 1.20 bits per heavy atom. The molecule has 0 saturated carbocycles. The lowest BCUT2D eigenvalue weighted by Crippen LogP contribution is -2.20. The number of nitrogens with zero attached hydrogens (tertiary/aromatic N) is 1. The maximum absolute atomic E-state index is 10.6. The molecule has 0 spiro atoms. The fourth-order valence-electron chi connectivity index (χ4n) is 2.46. The van der Waals surface area contributed by atoms with Gasteiger partial charge >= 0.3 is 0 Å². The number of aliphatic hydroxyl groups is 1. The highest BCUT2D eigenvalue weighted by Crippen LogP contribution is 2.28. The van der Waals surface area contributed by atoms with Crippen LogP contribution in [0.2, 0.25) is 0 Å². The van der Waals surface area contributed by atoms with Gasteiger partial charge in [-0.05, 0) is 58.4 Å². The van der Waals surface area contributed by atoms with Crippen molar-refractivity contribution in [2.45, 2.75) is 39.2 Å². The normalized spacial score (nSPS) is 13.7. The van der Waals surface area contributed by atoms with Crippen molar-refractivity contribution in [3.8, 4) is 5.75 Å². The van der Waals surface area contributed by atoms with Gasteiger partial charge < -0.3 is 9.84 Å². The zero-order valence-electron chi connectivity index (χ0n) is 16.2. The maximum Gasteiger partial charge on any atom is 0.119 e. The van der Waals surface area contributed by atoms with Crippen LogP contribution in [-0.4, -0.2) is 36.8 Å². The van der Waals surface area contributed by atoms with Gasteiger partial charge in [-0.2, -0.15) is 0 Å². The van der Waals surface area contributed by atoms with Gasteiger partial charge in [0, 0.05) is 13.1 Å². The van der Waals surface area contributed by atoms with E-state index in [1.54, 1.807) is 0 Å². The number of ether oxygens (including phenoxy) is 1. The first-order chi connectivity index (χ1) is 11.8. The molecule has 0 aliphatic heterocycles. The molecular weight excluding hydrogens is 310 g/mol. The molecule has 1 atom stereocenters. The van der Waals surface area contributed by atoms with Gasteiger partial charge in [0.1, 0.15) is 12.4 Å². The number of rotatable bonds is 11. The Balaban J connectivity index is 2.46. The van der Waals surface area contributed by atoms with Gasteiger partial charge in [-0.1, -0.05) is 42.0 Å². The molecule has 0 heterocycles. The van der Waals surface area contributed by atoms with Gasteiger partial charge in [-0.3, -0.25) is 4.90 Å². The van der Waals surface area contributed by atoms with E-state index in [2.05, 4.69) is 44.5 Å². The van der Waals surface area contributed by atoms with Crippen LogP contribution in [0.1, 0.15) is 39.2 Å². The molecule has 1 aromatic carbocycles. The minimum atomic E-state index is -0.819. The van der Waals surface area contributed by atoms with Crippen LogP contribution in [0, 0.1) is 0 Å². The molecule has 1 N–H and O–H groups in total. The first-order valence-electron chi connectivity index (χ1n) is 8.88. The van der Waals surface area contributed by atoms with E-state index in [-0.39, 0.29) is 0 Å². The summed E-state index contributed by atoms with van der Waals surface area (Å²) in [5.41, 5.74) is 1.38. The molecule has 0 aromatic heterocycles. The van der Waals surface area contributed by atoms with E-state index < -0.39 is 5.60 Å². The second-order valence-corrected chi connectivity index (χ2v) is 6.91. The maximum atomic E-state index is 10.6. The molecule has 25 heavy (non-hydrogen) atoms. The highest BCUT2D eigenvalue weighted by molar-refractivity contribution is 5.30. The predicted molar refractivity (Wildman–Crippen MR) is 107 cm³/mol. The largest absolute Gasteiger partial charge is 0.490 e. The average molecular weight is 344 g/mol. The minimum absolute atomic E-state index is 0.540. The van der Waals surface area contributed by atoms with Crippen molar-refractivity contribution < 1.29 is 9.84 Å². The zero-order valence-corrected chi connectivity index (χ0v) is 16.2. The van der Waals surface area contributed by atoms with Crippen molar-refractivity contribution in [3.05, 3.63) is 66.3 Å². The van der Waals surface area contributed by atoms with Gasteiger partial charge in [0.2, 0.25) is 0 Å². The lowest BCUT2D eigenvalue weighted by Gasteiger charge is -2.23. The standard InChI is InChI=1S/C22H33NO2/c1-6-16-23(5)17-7-8-18-25-21-13-11-20(12-14-21)22(4,24)15-9-10-19(2)3/h6-8,10-14,24H,1,9,15-18H2,2-5H3/b8-7+/t22-/m0/s1. The van der Waals surface area contributed by atoms with E-state index in [0.29, 0.717) is 13.0 Å². The van der Waals surface area contributed by atoms with Gasteiger partial charge in [0.05, 0.1) is 5.60 Å². The molecule has 138 valence electrons. The lowest BCUT2D eigenvalue weighted by atomic mass is 9.91. The summed E-state index contributed by atoms with van der Waals surface area (Å²) in [6, 6.07) is 7.73. The van der Waals surface area contributed by atoms with Gasteiger partial charge in [-0.25, -0.2) is 0 Å². The van der Waals surface area contributed by atoms with E-state index in [0.717, 1.165) is 30.8 Å². The highest BCUT2D eigenvalue weighted by atomic mass is 16.5. The first-order valence-corrected chi connectivity index (χ1v) is 8.88. The van der Waals surface area contributed by atoms with Crippen molar-refractivity contribution in [1.82, 2.24) is 4.90 Å². The molecule has 1 rings (SSSR count). The molecule has 0 radical (unpaired) electrons. The van der Waals surface area contributed by atoms with Gasteiger partial charge in [0.25, 0.3) is 0 Å². The fraction of sp³-hybridized carbons (Fsp3) is 0.455. The van der Waals surface area contributed by atoms with Crippen molar-refractivity contribution >= 4 is 0 Å². The predicted octanol–water partition coefficient (Wildman–Crippen LogP) is 4.69. The minimum Gasteiger partial charge on any atom is -0.490 e. The summed E-state index contributed by atoms with van der Waals surface area (Å²) in [6.45, 7) is 12.0. The molecule has 0 unspecified atom stereocenters. The summed E-state index contributed by atoms with van der Waals surface area (Å²) in [5, 5.41) is 10.6. The molecule has 0 aliphatic carbocycles. The average Bonchev–Trinajstić information content (AvgIpc) is 2.54. The molecule has 0 aliphatic rings. The smallest absolute Gasteiger partial charge is 0.119 e. The van der Waals surface area contributed by atoms with Crippen LogP contribution in [0.15, 0.2) is 60.7 Å². The highest BCUT2D eigenvalue weighted by Gasteiger charge is 2.21. The van der Waals surface area contributed by atoms with Gasteiger partial charge in [-0.15, -0.1) is 6.58 Å². The Kier molecular flexibility index (Phi) is 9.25. The third kappa shape index (κ3) is 8.71. The summed E-state index contributed by atoms with van der Waals surface area (Å²) in [6.07, 6.45) is 9.73. The van der Waals surface area contributed by atoms with Crippen LogP contribution in [0.5, 0.6) is 5.75 Å². The number of hydrogen-bond donors (Lipinski definition) is 1. The van der Waals surface area contributed by atoms with Gasteiger partial charge in [0.15, 0.2) is 0 Å². The van der Waals surface area contributed by atoms with Crippen molar-refractivity contribution in [2.24, 2.45) is 0 Å². The Morgan fingerprint density at radius 3 is 2.48 bits per heavy atom. The molecule has 1 aromatic rings. The number of likely N-dealkylation sites (N-methyl/N-ethyl adjacent to an activating group) is 1. The van der Waals surface area contributed by atoms with E-state index in [1.807, 2.05) is 43.3 Å². The zero-order chi connectivity index (χ0) is 18.7. The molecule has 0 saturated heterocycles. The van der Waals surface area contributed by atoms with E-state index in [9.17, 15) is 5.11 Å². The Bertz CT molecular complexity index is 566. The summed E-state index contributed by atoms with van der Waals surface area (Å²) in [4.78, 5) is 2.16. The van der Waals surface area contributed by atoms with Crippen LogP contribution in [0.4, 0.5) is 0 Å². The Morgan fingerprint density at radius 2 is 1.88 bits per heavy atom. The Labute approximate surface area is 153 Å². The lowest BCUT2D eigenvalue weighted by molar-refractivity contribution is 0.0487. The van der Waals surface area contributed by atoms with E-state index in [1.165, 1.54) is 5.57 Å². The molecule has 0 amide bonds. The van der Waals surface area contributed by atoms with Crippen molar-refractivity contribution in [1.29, 1.82) is 0 Å². The number of hydrogen-bond acceptors (Lipinski definition) is 3. The third-order valence-electron chi connectivity index (χ3n) is 4.03. The number of benzene rings is 1.